The molecule has 0 radical (unpaired) electrons. The molecule has 8 heteroatoms. The Labute approximate surface area is 141 Å². The highest BCUT2D eigenvalue weighted by Crippen LogP contribution is 2.42. The van der Waals surface area contributed by atoms with Gasteiger partial charge in [-0.25, -0.2) is 19.1 Å². The highest BCUT2D eigenvalue weighted by Gasteiger charge is 2.30. The molecule has 1 N–H and O–H groups in total. The first-order chi connectivity index (χ1) is 11.5. The van der Waals surface area contributed by atoms with Gasteiger partial charge in [0, 0.05) is 11.6 Å². The molecule has 1 aromatic carbocycles. The van der Waals surface area contributed by atoms with Crippen LogP contribution >= 0.6 is 11.6 Å². The molecular weight excluding hydrogens is 335 g/mol. The number of halogens is 2. The Kier molecular flexibility index (Phi) is 3.38. The number of hydrogen-bond acceptors (Lipinski definition) is 3. The van der Waals surface area contributed by atoms with Gasteiger partial charge in [-0.15, -0.1) is 0 Å². The molecule has 1 aliphatic carbocycles. The molecule has 24 heavy (non-hydrogen) atoms. The number of benzene rings is 1. The van der Waals surface area contributed by atoms with Crippen LogP contribution < -0.4 is 4.90 Å². The molecule has 0 bridgehead atoms. The normalized spacial score (nSPS) is 14.1. The van der Waals surface area contributed by atoms with Gasteiger partial charge in [-0.3, -0.25) is 0 Å². The first-order valence-electron chi connectivity index (χ1n) is 7.37. The number of carbonyl (C=O) groups is 1. The number of amides is 1. The van der Waals surface area contributed by atoms with Crippen LogP contribution in [0.3, 0.4) is 0 Å². The second-order valence-corrected chi connectivity index (χ2v) is 6.03. The van der Waals surface area contributed by atoms with E-state index in [0.29, 0.717) is 11.6 Å². The number of anilines is 2. The predicted molar refractivity (Wildman–Crippen MR) is 86.5 cm³/mol. The van der Waals surface area contributed by atoms with Crippen molar-refractivity contribution in [1.29, 1.82) is 0 Å². The molecule has 122 valence electrons. The number of aromatic nitrogens is 3. The molecule has 4 rings (SSSR count). The minimum atomic E-state index is -1.27. The van der Waals surface area contributed by atoms with Crippen LogP contribution in [0.2, 0.25) is 5.15 Å². The Morgan fingerprint density at radius 1 is 1.38 bits per heavy atom. The van der Waals surface area contributed by atoms with Gasteiger partial charge >= 0.3 is 6.09 Å². The maximum absolute atomic E-state index is 13.5. The van der Waals surface area contributed by atoms with E-state index in [-0.39, 0.29) is 16.7 Å². The van der Waals surface area contributed by atoms with Crippen LogP contribution in [0.5, 0.6) is 0 Å². The molecule has 1 saturated carbocycles. The highest BCUT2D eigenvalue weighted by atomic mass is 35.5. The number of rotatable bonds is 3. The van der Waals surface area contributed by atoms with E-state index in [1.54, 1.807) is 6.20 Å². The Hall–Kier alpha value is -2.67. The Balaban J connectivity index is 1.94. The van der Waals surface area contributed by atoms with Gasteiger partial charge in [-0.2, -0.15) is 9.61 Å². The molecular formula is C16H12ClFN4O2. The monoisotopic (exact) mass is 346 g/mol. The van der Waals surface area contributed by atoms with E-state index in [9.17, 15) is 14.3 Å². The Morgan fingerprint density at radius 2 is 2.17 bits per heavy atom. The van der Waals surface area contributed by atoms with Crippen LogP contribution in [0.15, 0.2) is 36.5 Å². The maximum atomic E-state index is 13.5. The summed E-state index contributed by atoms with van der Waals surface area (Å²) in [5, 5.41) is 14.1. The minimum Gasteiger partial charge on any atom is -0.464 e. The van der Waals surface area contributed by atoms with Crippen molar-refractivity contribution in [1.82, 2.24) is 14.6 Å². The molecule has 0 unspecified atom stereocenters. The van der Waals surface area contributed by atoms with Gasteiger partial charge in [0.15, 0.2) is 5.65 Å². The molecule has 1 fully saturated rings. The SMILES string of the molecule is O=C(O)N(c1cccc(F)c1)c1cc(Cl)nc2c(C3CC3)cnn12. The smallest absolute Gasteiger partial charge is 0.417 e. The standard InChI is InChI=1S/C16H12ClFN4O2/c17-13-7-14(21(16(23)24)11-3-1-2-10(18)6-11)22-15(20-13)12(8-19-22)9-4-5-9/h1-3,6-9H,4-5H2,(H,23,24). The van der Waals surface area contributed by atoms with Gasteiger partial charge in [0.05, 0.1) is 11.9 Å². The zero-order valence-electron chi connectivity index (χ0n) is 12.4. The lowest BCUT2D eigenvalue weighted by Gasteiger charge is -2.20. The summed E-state index contributed by atoms with van der Waals surface area (Å²) in [7, 11) is 0. The average Bonchev–Trinajstić information content (AvgIpc) is 3.27. The molecule has 2 aromatic heterocycles. The lowest BCUT2D eigenvalue weighted by Crippen LogP contribution is -2.26. The molecule has 0 spiro atoms. The van der Waals surface area contributed by atoms with Crippen molar-refractivity contribution in [2.45, 2.75) is 18.8 Å². The van der Waals surface area contributed by atoms with Crippen LogP contribution in [0.25, 0.3) is 5.65 Å². The van der Waals surface area contributed by atoms with Gasteiger partial charge in [0.25, 0.3) is 0 Å². The lowest BCUT2D eigenvalue weighted by atomic mass is 10.2. The molecule has 0 saturated heterocycles. The fourth-order valence-electron chi connectivity index (χ4n) is 2.73. The summed E-state index contributed by atoms with van der Waals surface area (Å²) in [6, 6.07) is 6.73. The second kappa shape index (κ2) is 5.45. The van der Waals surface area contributed by atoms with Crippen molar-refractivity contribution in [2.75, 3.05) is 4.90 Å². The van der Waals surface area contributed by atoms with E-state index >= 15 is 0 Å². The van der Waals surface area contributed by atoms with E-state index in [1.165, 1.54) is 28.8 Å². The summed E-state index contributed by atoms with van der Waals surface area (Å²) in [4.78, 5) is 17.0. The number of carboxylic acid groups (broad SMARTS) is 1. The Bertz CT molecular complexity index is 954. The molecule has 3 aromatic rings. The first kappa shape index (κ1) is 14.9. The molecule has 0 aliphatic heterocycles. The summed E-state index contributed by atoms with van der Waals surface area (Å²) in [5.74, 6) is 0.0399. The van der Waals surface area contributed by atoms with Crippen LogP contribution in [-0.2, 0) is 0 Å². The van der Waals surface area contributed by atoms with Crippen LogP contribution in [-0.4, -0.2) is 25.8 Å². The van der Waals surface area contributed by atoms with Crippen molar-refractivity contribution >= 4 is 34.8 Å². The molecule has 1 aliphatic rings. The summed E-state index contributed by atoms with van der Waals surface area (Å²) < 4.78 is 15.0. The van der Waals surface area contributed by atoms with Gasteiger partial charge in [-0.05, 0) is 37.0 Å². The van der Waals surface area contributed by atoms with Crippen LogP contribution in [0, 0.1) is 5.82 Å². The largest absolute Gasteiger partial charge is 0.464 e. The summed E-state index contributed by atoms with van der Waals surface area (Å²) in [6.07, 6.45) is 2.52. The zero-order valence-corrected chi connectivity index (χ0v) is 13.1. The third-order valence-electron chi connectivity index (χ3n) is 3.95. The fourth-order valence-corrected chi connectivity index (χ4v) is 2.91. The Morgan fingerprint density at radius 3 is 2.83 bits per heavy atom. The van der Waals surface area contributed by atoms with Crippen molar-refractivity contribution < 1.29 is 14.3 Å². The van der Waals surface area contributed by atoms with E-state index in [2.05, 4.69) is 10.1 Å². The topological polar surface area (TPSA) is 70.7 Å². The third-order valence-corrected chi connectivity index (χ3v) is 4.15. The second-order valence-electron chi connectivity index (χ2n) is 5.64. The van der Waals surface area contributed by atoms with E-state index in [4.69, 9.17) is 11.6 Å². The first-order valence-corrected chi connectivity index (χ1v) is 7.75. The van der Waals surface area contributed by atoms with E-state index in [0.717, 1.165) is 29.4 Å². The fraction of sp³-hybridized carbons (Fsp3) is 0.188. The van der Waals surface area contributed by atoms with Gasteiger partial charge < -0.3 is 5.11 Å². The number of nitrogens with zero attached hydrogens (tertiary/aromatic N) is 4. The zero-order chi connectivity index (χ0) is 16.8. The number of hydrogen-bond donors (Lipinski definition) is 1. The molecule has 1 amide bonds. The van der Waals surface area contributed by atoms with E-state index < -0.39 is 11.9 Å². The highest BCUT2D eigenvalue weighted by molar-refractivity contribution is 6.29. The lowest BCUT2D eigenvalue weighted by molar-refractivity contribution is 0.204. The maximum Gasteiger partial charge on any atom is 0.417 e. The van der Waals surface area contributed by atoms with Gasteiger partial charge in [0.2, 0.25) is 0 Å². The van der Waals surface area contributed by atoms with Crippen molar-refractivity contribution in [3.05, 3.63) is 53.1 Å². The third kappa shape index (κ3) is 2.46. The summed E-state index contributed by atoms with van der Waals surface area (Å²) >= 11 is 6.10. The van der Waals surface area contributed by atoms with Crippen LogP contribution in [0.1, 0.15) is 24.3 Å². The predicted octanol–water partition coefficient (Wildman–Crippen LogP) is 4.22. The minimum absolute atomic E-state index is 0.155. The van der Waals surface area contributed by atoms with Gasteiger partial charge in [0.1, 0.15) is 16.8 Å². The molecule has 6 nitrogen and oxygen atoms in total. The molecule has 0 atom stereocenters. The number of fused-ring (bicyclic) bond motifs is 1. The van der Waals surface area contributed by atoms with Crippen molar-refractivity contribution in [3.8, 4) is 0 Å². The summed E-state index contributed by atoms with van der Waals surface area (Å²) in [6.45, 7) is 0. The van der Waals surface area contributed by atoms with Crippen LogP contribution in [0.4, 0.5) is 20.7 Å². The van der Waals surface area contributed by atoms with Crippen molar-refractivity contribution in [3.63, 3.8) is 0 Å². The van der Waals surface area contributed by atoms with Gasteiger partial charge in [-0.1, -0.05) is 17.7 Å². The van der Waals surface area contributed by atoms with Crippen molar-refractivity contribution in [2.24, 2.45) is 0 Å². The molecule has 2 heterocycles. The average molecular weight is 347 g/mol. The quantitative estimate of drug-likeness (QED) is 0.721. The van der Waals surface area contributed by atoms with E-state index in [1.807, 2.05) is 0 Å². The summed E-state index contributed by atoms with van der Waals surface area (Å²) in [5.41, 5.74) is 1.64.